The van der Waals surface area contributed by atoms with E-state index < -0.39 is 5.41 Å². The molecule has 2 aliphatic rings. The number of rotatable bonds is 8. The van der Waals surface area contributed by atoms with E-state index in [1.54, 1.807) is 0 Å². The van der Waals surface area contributed by atoms with Crippen LogP contribution in [0.3, 0.4) is 0 Å². The van der Waals surface area contributed by atoms with Crippen LogP contribution in [0.4, 0.5) is 17.1 Å². The molecule has 10 aromatic carbocycles. The van der Waals surface area contributed by atoms with Crippen molar-refractivity contribution in [1.29, 1.82) is 0 Å². The molecule has 12 rings (SSSR count). The van der Waals surface area contributed by atoms with Gasteiger partial charge < -0.3 is 4.90 Å². The molecule has 0 saturated heterocycles. The molecule has 1 unspecified atom stereocenters. The lowest BCUT2D eigenvalue weighted by Crippen LogP contribution is -2.28. The van der Waals surface area contributed by atoms with Gasteiger partial charge in [-0.1, -0.05) is 218 Å². The van der Waals surface area contributed by atoms with Crippen molar-refractivity contribution in [2.75, 3.05) is 4.90 Å². The molecule has 2 aliphatic carbocycles. The Labute approximate surface area is 376 Å². The Balaban J connectivity index is 1.10. The van der Waals surface area contributed by atoms with E-state index in [4.69, 9.17) is 0 Å². The zero-order valence-corrected chi connectivity index (χ0v) is 35.7. The van der Waals surface area contributed by atoms with Crippen LogP contribution in [0, 0.1) is 0 Å². The van der Waals surface area contributed by atoms with Crippen LogP contribution in [0.2, 0.25) is 0 Å². The molecule has 0 bridgehead atoms. The second kappa shape index (κ2) is 15.1. The number of nitrogens with zero attached hydrogens (tertiary/aromatic N) is 1. The molecule has 64 heavy (non-hydrogen) atoms. The molecule has 0 spiro atoms. The second-order valence-electron chi connectivity index (χ2n) is 17.3. The zero-order valence-electron chi connectivity index (χ0n) is 35.7. The number of benzene rings is 10. The van der Waals surface area contributed by atoms with Crippen molar-refractivity contribution in [3.8, 4) is 44.5 Å². The molecule has 1 heteroatoms. The SMILES string of the molecule is CC1(c2ccccc2)c2ccccc2-c2c(N(c3ccc(-c4cccc(-c5ccccc5)c4)cc3)c3ccc4c(c3)C(c3ccccc3)(c3ccccc3)c3ccccc3-4)cccc21. The number of hydrogen-bond acceptors (Lipinski definition) is 1. The fourth-order valence-corrected chi connectivity index (χ4v) is 11.1. The summed E-state index contributed by atoms with van der Waals surface area (Å²) in [4.78, 5) is 2.51. The molecule has 0 fully saturated rings. The maximum absolute atomic E-state index is 2.51. The molecule has 0 aromatic heterocycles. The Morgan fingerprint density at radius 1 is 0.297 bits per heavy atom. The highest BCUT2D eigenvalue weighted by Crippen LogP contribution is 2.59. The van der Waals surface area contributed by atoms with Crippen molar-refractivity contribution < 1.29 is 0 Å². The van der Waals surface area contributed by atoms with E-state index in [-0.39, 0.29) is 5.41 Å². The van der Waals surface area contributed by atoms with Gasteiger partial charge in [0.1, 0.15) is 0 Å². The first kappa shape index (κ1) is 37.7. The lowest BCUT2D eigenvalue weighted by atomic mass is 9.67. The van der Waals surface area contributed by atoms with Crippen LogP contribution in [-0.2, 0) is 10.8 Å². The molecule has 0 saturated carbocycles. The Bertz CT molecular complexity index is 3280. The highest BCUT2D eigenvalue weighted by atomic mass is 15.1. The fraction of sp³-hybridized carbons (Fsp3) is 0.0476. The first-order chi connectivity index (χ1) is 31.6. The average molecular weight is 816 g/mol. The van der Waals surface area contributed by atoms with Crippen LogP contribution in [0.1, 0.15) is 45.9 Å². The predicted molar refractivity (Wildman–Crippen MR) is 267 cm³/mol. The number of hydrogen-bond donors (Lipinski definition) is 0. The topological polar surface area (TPSA) is 3.24 Å². The summed E-state index contributed by atoms with van der Waals surface area (Å²) < 4.78 is 0. The quantitative estimate of drug-likeness (QED) is 0.148. The largest absolute Gasteiger partial charge is 0.310 e. The van der Waals surface area contributed by atoms with E-state index in [1.165, 1.54) is 83.5 Å². The molecule has 1 nitrogen and oxygen atoms in total. The van der Waals surface area contributed by atoms with Crippen LogP contribution in [0.15, 0.2) is 255 Å². The highest BCUT2D eigenvalue weighted by molar-refractivity contribution is 5.97. The zero-order chi connectivity index (χ0) is 42.7. The molecule has 302 valence electrons. The van der Waals surface area contributed by atoms with Crippen molar-refractivity contribution in [2.45, 2.75) is 17.8 Å². The van der Waals surface area contributed by atoms with E-state index in [2.05, 4.69) is 267 Å². The average Bonchev–Trinajstić information content (AvgIpc) is 3.83. The molecular formula is C63H45N. The Hall–Kier alpha value is -8.00. The number of anilines is 3. The minimum absolute atomic E-state index is 0.335. The van der Waals surface area contributed by atoms with Gasteiger partial charge in [0.05, 0.1) is 11.1 Å². The maximum atomic E-state index is 2.51. The van der Waals surface area contributed by atoms with Crippen molar-refractivity contribution in [1.82, 2.24) is 0 Å². The molecule has 10 aromatic rings. The minimum Gasteiger partial charge on any atom is -0.310 e. The van der Waals surface area contributed by atoms with E-state index >= 15 is 0 Å². The standard InChI is InChI=1S/C63H45N/c1-62(48-24-8-3-9-25-48)56-32-16-15-31-55(56)61-58(62)34-19-35-60(61)64(51-38-36-45(37-39-51)47-23-18-22-46(42-47)44-20-6-2-7-21-44)52-40-41-54-53-30-14-17-33-57(53)63(59(54)43-52,49-26-10-4-11-27-49)50-28-12-5-13-29-50/h2-43H,1H3. The van der Waals surface area contributed by atoms with E-state index in [9.17, 15) is 0 Å². The Kier molecular flexibility index (Phi) is 8.91. The maximum Gasteiger partial charge on any atom is 0.0714 e. The fourth-order valence-electron chi connectivity index (χ4n) is 11.1. The van der Waals surface area contributed by atoms with Gasteiger partial charge in [-0.25, -0.2) is 0 Å². The molecular weight excluding hydrogens is 771 g/mol. The number of fused-ring (bicyclic) bond motifs is 6. The van der Waals surface area contributed by atoms with Gasteiger partial charge in [0, 0.05) is 22.4 Å². The minimum atomic E-state index is -0.527. The van der Waals surface area contributed by atoms with Crippen LogP contribution < -0.4 is 4.90 Å². The Morgan fingerprint density at radius 2 is 0.766 bits per heavy atom. The molecule has 1 atom stereocenters. The van der Waals surface area contributed by atoms with Crippen LogP contribution in [0.25, 0.3) is 44.5 Å². The summed E-state index contributed by atoms with van der Waals surface area (Å²) in [7, 11) is 0. The van der Waals surface area contributed by atoms with Gasteiger partial charge in [0.25, 0.3) is 0 Å². The van der Waals surface area contributed by atoms with Gasteiger partial charge in [0.15, 0.2) is 0 Å². The van der Waals surface area contributed by atoms with Crippen molar-refractivity contribution in [2.24, 2.45) is 0 Å². The van der Waals surface area contributed by atoms with E-state index in [1.807, 2.05) is 0 Å². The summed E-state index contributed by atoms with van der Waals surface area (Å²) >= 11 is 0. The monoisotopic (exact) mass is 815 g/mol. The van der Waals surface area contributed by atoms with Gasteiger partial charge in [-0.15, -0.1) is 0 Å². The summed E-state index contributed by atoms with van der Waals surface area (Å²) in [5.74, 6) is 0. The smallest absolute Gasteiger partial charge is 0.0714 e. The van der Waals surface area contributed by atoms with Crippen molar-refractivity contribution in [3.63, 3.8) is 0 Å². The summed E-state index contributed by atoms with van der Waals surface area (Å²) in [5.41, 5.74) is 21.4. The Morgan fingerprint density at radius 3 is 1.42 bits per heavy atom. The lowest BCUT2D eigenvalue weighted by molar-refractivity contribution is 0.714. The van der Waals surface area contributed by atoms with Gasteiger partial charge >= 0.3 is 0 Å². The first-order valence-electron chi connectivity index (χ1n) is 22.3. The molecule has 0 heterocycles. The third-order valence-electron chi connectivity index (χ3n) is 14.0. The third kappa shape index (κ3) is 5.71. The third-order valence-corrected chi connectivity index (χ3v) is 14.0. The van der Waals surface area contributed by atoms with Crippen LogP contribution in [0.5, 0.6) is 0 Å². The summed E-state index contributed by atoms with van der Waals surface area (Å²) in [5, 5.41) is 0. The molecule has 0 N–H and O–H groups in total. The predicted octanol–water partition coefficient (Wildman–Crippen LogP) is 16.2. The normalized spacial score (nSPS) is 15.1. The molecule has 0 aliphatic heterocycles. The van der Waals surface area contributed by atoms with E-state index in [0.717, 1.165) is 17.1 Å². The van der Waals surface area contributed by atoms with Crippen molar-refractivity contribution in [3.05, 3.63) is 294 Å². The summed E-state index contributed by atoms with van der Waals surface area (Å²) in [6.45, 7) is 2.40. The highest BCUT2D eigenvalue weighted by Gasteiger charge is 2.47. The van der Waals surface area contributed by atoms with Crippen LogP contribution >= 0.6 is 0 Å². The summed E-state index contributed by atoms with van der Waals surface area (Å²) in [6, 6.07) is 94.2. The second-order valence-corrected chi connectivity index (χ2v) is 17.3. The van der Waals surface area contributed by atoms with Crippen molar-refractivity contribution >= 4 is 17.1 Å². The molecule has 0 amide bonds. The van der Waals surface area contributed by atoms with Crippen LogP contribution in [-0.4, -0.2) is 0 Å². The lowest BCUT2D eigenvalue weighted by Gasteiger charge is -2.35. The van der Waals surface area contributed by atoms with Gasteiger partial charge in [-0.3, -0.25) is 0 Å². The first-order valence-corrected chi connectivity index (χ1v) is 22.3. The molecule has 0 radical (unpaired) electrons. The summed E-state index contributed by atoms with van der Waals surface area (Å²) in [6.07, 6.45) is 0. The van der Waals surface area contributed by atoms with Gasteiger partial charge in [0.2, 0.25) is 0 Å². The van der Waals surface area contributed by atoms with Gasteiger partial charge in [-0.2, -0.15) is 0 Å². The van der Waals surface area contributed by atoms with E-state index in [0.29, 0.717) is 0 Å². The van der Waals surface area contributed by atoms with Gasteiger partial charge in [-0.05, 0) is 121 Å².